The number of piperazine rings is 1. The molecule has 1 aliphatic heterocycles. The topological polar surface area (TPSA) is 54.8 Å². The van der Waals surface area contributed by atoms with E-state index in [0.29, 0.717) is 31.7 Å². The molecule has 0 radical (unpaired) electrons. The van der Waals surface area contributed by atoms with Crippen molar-refractivity contribution in [3.8, 4) is 5.75 Å². The SMILES string of the molecule is Cn1ccc(C(=O)N2CCN(C(=O)COc3ccccc3F)CC2)c1. The summed E-state index contributed by atoms with van der Waals surface area (Å²) in [5.41, 5.74) is 0.644. The first-order chi connectivity index (χ1) is 12.0. The largest absolute Gasteiger partial charge is 0.481 e. The van der Waals surface area contributed by atoms with E-state index in [2.05, 4.69) is 0 Å². The van der Waals surface area contributed by atoms with Crippen molar-refractivity contribution in [2.45, 2.75) is 0 Å². The normalized spacial score (nSPS) is 14.5. The number of halogens is 1. The van der Waals surface area contributed by atoms with Gasteiger partial charge in [0.25, 0.3) is 11.8 Å². The molecule has 2 amide bonds. The second-order valence-electron chi connectivity index (χ2n) is 5.96. The highest BCUT2D eigenvalue weighted by Gasteiger charge is 2.25. The van der Waals surface area contributed by atoms with Crippen LogP contribution in [0.25, 0.3) is 0 Å². The lowest BCUT2D eigenvalue weighted by Crippen LogP contribution is -2.51. The second kappa shape index (κ2) is 7.38. The molecule has 0 bridgehead atoms. The van der Waals surface area contributed by atoms with Crippen LogP contribution in [-0.2, 0) is 11.8 Å². The number of benzene rings is 1. The van der Waals surface area contributed by atoms with Crippen LogP contribution >= 0.6 is 0 Å². The van der Waals surface area contributed by atoms with Gasteiger partial charge in [-0.25, -0.2) is 4.39 Å². The molecule has 0 spiro atoms. The zero-order valence-electron chi connectivity index (χ0n) is 14.0. The van der Waals surface area contributed by atoms with Gasteiger partial charge in [-0.05, 0) is 18.2 Å². The number of para-hydroxylation sites is 1. The Kier molecular flexibility index (Phi) is 5.02. The molecule has 25 heavy (non-hydrogen) atoms. The standard InChI is InChI=1S/C18H20FN3O3/c1-20-7-6-14(12-20)18(24)22-10-8-21(9-11-22)17(23)13-25-16-5-3-2-4-15(16)19/h2-7,12H,8-11,13H2,1H3. The van der Waals surface area contributed by atoms with E-state index in [-0.39, 0.29) is 24.2 Å². The van der Waals surface area contributed by atoms with Crippen molar-refractivity contribution >= 4 is 11.8 Å². The molecule has 2 heterocycles. The van der Waals surface area contributed by atoms with Gasteiger partial charge in [-0.2, -0.15) is 0 Å². The maximum atomic E-state index is 13.5. The summed E-state index contributed by atoms with van der Waals surface area (Å²) in [6, 6.07) is 7.76. The van der Waals surface area contributed by atoms with E-state index >= 15 is 0 Å². The van der Waals surface area contributed by atoms with Crippen LogP contribution in [0.3, 0.4) is 0 Å². The Morgan fingerprint density at radius 3 is 2.40 bits per heavy atom. The van der Waals surface area contributed by atoms with Crippen LogP contribution in [0.1, 0.15) is 10.4 Å². The van der Waals surface area contributed by atoms with Crippen molar-refractivity contribution in [1.29, 1.82) is 0 Å². The lowest BCUT2D eigenvalue weighted by molar-refractivity contribution is -0.134. The van der Waals surface area contributed by atoms with Gasteiger partial charge in [-0.15, -0.1) is 0 Å². The maximum absolute atomic E-state index is 13.5. The van der Waals surface area contributed by atoms with Gasteiger partial charge in [0.1, 0.15) is 0 Å². The summed E-state index contributed by atoms with van der Waals surface area (Å²) >= 11 is 0. The number of aryl methyl sites for hydroxylation is 1. The van der Waals surface area contributed by atoms with Crippen LogP contribution in [0.5, 0.6) is 5.75 Å². The van der Waals surface area contributed by atoms with Crippen molar-refractivity contribution in [1.82, 2.24) is 14.4 Å². The summed E-state index contributed by atoms with van der Waals surface area (Å²) in [5, 5.41) is 0. The first kappa shape index (κ1) is 17.0. The fourth-order valence-corrected chi connectivity index (χ4v) is 2.76. The molecule has 1 aliphatic rings. The van der Waals surface area contributed by atoms with E-state index in [4.69, 9.17) is 4.74 Å². The highest BCUT2D eigenvalue weighted by atomic mass is 19.1. The number of amides is 2. The van der Waals surface area contributed by atoms with Gasteiger partial charge in [0.15, 0.2) is 18.2 Å². The molecule has 3 rings (SSSR count). The van der Waals surface area contributed by atoms with E-state index in [1.807, 2.05) is 17.8 Å². The highest BCUT2D eigenvalue weighted by Crippen LogP contribution is 2.15. The van der Waals surface area contributed by atoms with Gasteiger partial charge in [0, 0.05) is 45.6 Å². The van der Waals surface area contributed by atoms with Crippen molar-refractivity contribution in [3.63, 3.8) is 0 Å². The third-order valence-corrected chi connectivity index (χ3v) is 4.19. The number of hydrogen-bond donors (Lipinski definition) is 0. The minimum absolute atomic E-state index is 0.0321. The summed E-state index contributed by atoms with van der Waals surface area (Å²) in [6.45, 7) is 1.61. The van der Waals surface area contributed by atoms with Crippen LogP contribution < -0.4 is 4.74 Å². The van der Waals surface area contributed by atoms with Crippen molar-refractivity contribution in [3.05, 3.63) is 54.1 Å². The van der Waals surface area contributed by atoms with Crippen molar-refractivity contribution in [2.24, 2.45) is 7.05 Å². The second-order valence-corrected chi connectivity index (χ2v) is 5.96. The zero-order chi connectivity index (χ0) is 17.8. The summed E-state index contributed by atoms with van der Waals surface area (Å²) in [5.74, 6) is -0.673. The first-order valence-electron chi connectivity index (χ1n) is 8.11. The number of ether oxygens (including phenoxy) is 1. The summed E-state index contributed by atoms with van der Waals surface area (Å²) < 4.78 is 20.6. The number of hydrogen-bond acceptors (Lipinski definition) is 3. The molecule has 0 N–H and O–H groups in total. The molecular formula is C18H20FN3O3. The summed E-state index contributed by atoms with van der Waals surface area (Å²) in [4.78, 5) is 28.0. The molecule has 2 aromatic rings. The van der Waals surface area contributed by atoms with Crippen LogP contribution in [0.4, 0.5) is 4.39 Å². The van der Waals surface area contributed by atoms with Crippen molar-refractivity contribution in [2.75, 3.05) is 32.8 Å². The van der Waals surface area contributed by atoms with Gasteiger partial charge in [-0.1, -0.05) is 12.1 Å². The van der Waals surface area contributed by atoms with Gasteiger partial charge in [-0.3, -0.25) is 9.59 Å². The molecule has 0 saturated carbocycles. The average Bonchev–Trinajstić information content (AvgIpc) is 3.07. The molecule has 0 aliphatic carbocycles. The fourth-order valence-electron chi connectivity index (χ4n) is 2.76. The maximum Gasteiger partial charge on any atom is 0.260 e. The predicted octanol–water partition coefficient (Wildman–Crippen LogP) is 1.53. The number of aromatic nitrogens is 1. The van der Waals surface area contributed by atoms with Gasteiger partial charge < -0.3 is 19.1 Å². The lowest BCUT2D eigenvalue weighted by Gasteiger charge is -2.34. The Balaban J connectivity index is 1.49. The van der Waals surface area contributed by atoms with E-state index in [9.17, 15) is 14.0 Å². The van der Waals surface area contributed by atoms with E-state index < -0.39 is 5.82 Å². The molecule has 0 atom stereocenters. The molecule has 1 fully saturated rings. The van der Waals surface area contributed by atoms with Crippen molar-refractivity contribution < 1.29 is 18.7 Å². The quantitative estimate of drug-likeness (QED) is 0.844. The molecule has 1 aromatic heterocycles. The van der Waals surface area contributed by atoms with E-state index in [0.717, 1.165) is 0 Å². The van der Waals surface area contributed by atoms with E-state index in [1.165, 1.54) is 12.1 Å². The number of carbonyl (C=O) groups is 2. The minimum Gasteiger partial charge on any atom is -0.481 e. The molecule has 7 heteroatoms. The Morgan fingerprint density at radius 1 is 1.08 bits per heavy atom. The van der Waals surface area contributed by atoms with Gasteiger partial charge >= 0.3 is 0 Å². The number of rotatable bonds is 4. The smallest absolute Gasteiger partial charge is 0.260 e. The Bertz CT molecular complexity index is 766. The van der Waals surface area contributed by atoms with E-state index in [1.54, 1.807) is 34.2 Å². The summed E-state index contributed by atoms with van der Waals surface area (Å²) in [7, 11) is 1.86. The molecule has 132 valence electrons. The van der Waals surface area contributed by atoms with Crippen LogP contribution in [0.15, 0.2) is 42.7 Å². The minimum atomic E-state index is -0.492. The fraction of sp³-hybridized carbons (Fsp3) is 0.333. The zero-order valence-corrected chi connectivity index (χ0v) is 14.0. The molecule has 1 aromatic carbocycles. The van der Waals surface area contributed by atoms with Gasteiger partial charge in [0.2, 0.25) is 0 Å². The van der Waals surface area contributed by atoms with Crippen LogP contribution in [-0.4, -0.2) is 59.0 Å². The number of carbonyl (C=O) groups excluding carboxylic acids is 2. The molecular weight excluding hydrogens is 325 g/mol. The van der Waals surface area contributed by atoms with Crippen LogP contribution in [0.2, 0.25) is 0 Å². The third-order valence-electron chi connectivity index (χ3n) is 4.19. The predicted molar refractivity (Wildman–Crippen MR) is 89.8 cm³/mol. The van der Waals surface area contributed by atoms with Gasteiger partial charge in [0.05, 0.1) is 5.56 Å². The Labute approximate surface area is 145 Å². The third kappa shape index (κ3) is 3.99. The monoisotopic (exact) mass is 345 g/mol. The molecule has 6 nitrogen and oxygen atoms in total. The lowest BCUT2D eigenvalue weighted by atomic mass is 10.2. The molecule has 1 saturated heterocycles. The first-order valence-corrected chi connectivity index (χ1v) is 8.11. The summed E-state index contributed by atoms with van der Waals surface area (Å²) in [6.07, 6.45) is 3.61. The average molecular weight is 345 g/mol. The Hall–Kier alpha value is -2.83. The molecule has 0 unspecified atom stereocenters. The Morgan fingerprint density at radius 2 is 1.76 bits per heavy atom. The van der Waals surface area contributed by atoms with Crippen LogP contribution in [0, 0.1) is 5.82 Å². The number of nitrogens with zero attached hydrogens (tertiary/aromatic N) is 3. The highest BCUT2D eigenvalue weighted by molar-refractivity contribution is 5.94.